The zero-order chi connectivity index (χ0) is 21.9. The van der Waals surface area contributed by atoms with Gasteiger partial charge in [0.1, 0.15) is 11.9 Å². The fraction of sp³-hybridized carbons (Fsp3) is 0.370. The molecule has 1 saturated heterocycles. The Morgan fingerprint density at radius 1 is 1.00 bits per heavy atom. The summed E-state index contributed by atoms with van der Waals surface area (Å²) in [7, 11) is 0. The van der Waals surface area contributed by atoms with Gasteiger partial charge in [-0.2, -0.15) is 0 Å². The Morgan fingerprint density at radius 3 is 2.56 bits per heavy atom. The first-order valence-electron chi connectivity index (χ1n) is 11.6. The van der Waals surface area contributed by atoms with Crippen LogP contribution in [0.15, 0.2) is 67.0 Å². The number of rotatable bonds is 6. The summed E-state index contributed by atoms with van der Waals surface area (Å²) in [4.78, 5) is 9.23. The maximum Gasteiger partial charge on any atom is 0.123 e. The maximum atomic E-state index is 13.1. The normalized spacial score (nSPS) is 18.0. The number of likely N-dealkylation sites (tertiary alicyclic amines) is 1. The number of aliphatic hydroxyl groups is 1. The van der Waals surface area contributed by atoms with Gasteiger partial charge in [0, 0.05) is 55.9 Å². The van der Waals surface area contributed by atoms with E-state index < -0.39 is 6.10 Å². The zero-order valence-electron chi connectivity index (χ0n) is 18.3. The minimum Gasteiger partial charge on any atom is -0.384 e. The second-order valence-corrected chi connectivity index (χ2v) is 8.97. The summed E-state index contributed by atoms with van der Waals surface area (Å²) >= 11 is 0. The third-order valence-electron chi connectivity index (χ3n) is 6.98. The summed E-state index contributed by atoms with van der Waals surface area (Å²) in [6.07, 6.45) is 7.15. The highest BCUT2D eigenvalue weighted by Crippen LogP contribution is 2.35. The first-order valence-corrected chi connectivity index (χ1v) is 11.6. The van der Waals surface area contributed by atoms with Crippen LogP contribution in [-0.2, 0) is 12.8 Å². The lowest BCUT2D eigenvalue weighted by Gasteiger charge is -2.38. The number of benzene rings is 2. The molecule has 1 N–H and O–H groups in total. The van der Waals surface area contributed by atoms with Crippen LogP contribution >= 0.6 is 0 Å². The van der Waals surface area contributed by atoms with Gasteiger partial charge in [-0.15, -0.1) is 0 Å². The molecule has 5 rings (SSSR count). The number of nitrogens with zero attached hydrogens (tertiary/aromatic N) is 3. The number of anilines is 1. The molecular weight excluding hydrogens is 401 g/mol. The summed E-state index contributed by atoms with van der Waals surface area (Å²) in [5.41, 5.74) is 5.62. The SMILES string of the molecule is OC(c1cccnc1)c1ccc2c(c1)N(C1CCN(CCc3ccc(F)cc3)CC1)CC2. The monoisotopic (exact) mass is 431 g/mol. The number of aliphatic hydroxyl groups excluding tert-OH is 1. The lowest BCUT2D eigenvalue weighted by atomic mass is 9.99. The van der Waals surface area contributed by atoms with Crippen molar-refractivity contribution >= 4 is 5.69 Å². The van der Waals surface area contributed by atoms with E-state index in [4.69, 9.17) is 0 Å². The summed E-state index contributed by atoms with van der Waals surface area (Å²) in [5, 5.41) is 10.8. The first kappa shape index (κ1) is 21.1. The van der Waals surface area contributed by atoms with E-state index in [0.29, 0.717) is 6.04 Å². The molecule has 0 saturated carbocycles. The number of pyridine rings is 1. The van der Waals surface area contributed by atoms with Gasteiger partial charge in [-0.1, -0.05) is 30.3 Å². The Balaban J connectivity index is 1.21. The van der Waals surface area contributed by atoms with Crippen LogP contribution in [0.3, 0.4) is 0 Å². The Kier molecular flexibility index (Phi) is 6.19. The molecule has 2 aliphatic heterocycles. The van der Waals surface area contributed by atoms with Gasteiger partial charge in [0.15, 0.2) is 0 Å². The van der Waals surface area contributed by atoms with Crippen LogP contribution in [0.4, 0.5) is 10.1 Å². The predicted molar refractivity (Wildman–Crippen MR) is 125 cm³/mol. The van der Waals surface area contributed by atoms with Crippen molar-refractivity contribution in [1.29, 1.82) is 0 Å². The lowest BCUT2D eigenvalue weighted by molar-refractivity contribution is 0.211. The predicted octanol–water partition coefficient (Wildman–Crippen LogP) is 4.37. The summed E-state index contributed by atoms with van der Waals surface area (Å²) in [6, 6.07) is 17.6. The third kappa shape index (κ3) is 4.54. The molecule has 0 radical (unpaired) electrons. The van der Waals surface area contributed by atoms with Crippen molar-refractivity contribution in [3.05, 3.63) is 95.1 Å². The molecule has 32 heavy (non-hydrogen) atoms. The van der Waals surface area contributed by atoms with Crippen molar-refractivity contribution in [2.75, 3.05) is 31.1 Å². The average molecular weight is 432 g/mol. The van der Waals surface area contributed by atoms with Gasteiger partial charge in [-0.05, 0) is 66.6 Å². The number of piperidine rings is 1. The van der Waals surface area contributed by atoms with E-state index in [0.717, 1.165) is 63.0 Å². The number of hydrogen-bond donors (Lipinski definition) is 1. The summed E-state index contributed by atoms with van der Waals surface area (Å²) in [5.74, 6) is -0.170. The van der Waals surface area contributed by atoms with E-state index in [1.807, 2.05) is 24.3 Å². The van der Waals surface area contributed by atoms with Crippen molar-refractivity contribution in [2.45, 2.75) is 37.8 Å². The summed E-state index contributed by atoms with van der Waals surface area (Å²) < 4.78 is 13.1. The molecule has 5 heteroatoms. The van der Waals surface area contributed by atoms with Crippen molar-refractivity contribution in [2.24, 2.45) is 0 Å². The average Bonchev–Trinajstić information content (AvgIpc) is 3.27. The van der Waals surface area contributed by atoms with Crippen LogP contribution in [-0.4, -0.2) is 47.2 Å². The number of hydrogen-bond acceptors (Lipinski definition) is 4. The van der Waals surface area contributed by atoms with E-state index in [9.17, 15) is 9.50 Å². The molecule has 1 unspecified atom stereocenters. The van der Waals surface area contributed by atoms with E-state index >= 15 is 0 Å². The first-order chi connectivity index (χ1) is 15.7. The minimum atomic E-state index is -0.648. The van der Waals surface area contributed by atoms with Gasteiger partial charge in [0.2, 0.25) is 0 Å². The molecule has 1 atom stereocenters. The van der Waals surface area contributed by atoms with Gasteiger partial charge >= 0.3 is 0 Å². The van der Waals surface area contributed by atoms with Crippen LogP contribution in [0.5, 0.6) is 0 Å². The maximum absolute atomic E-state index is 13.1. The number of aromatic nitrogens is 1. The Hall–Kier alpha value is -2.76. The molecule has 3 heterocycles. The Bertz CT molecular complexity index is 1030. The van der Waals surface area contributed by atoms with Gasteiger partial charge in [-0.3, -0.25) is 4.98 Å². The molecular formula is C27H30FN3O. The van der Waals surface area contributed by atoms with E-state index in [2.05, 4.69) is 33.0 Å². The van der Waals surface area contributed by atoms with Crippen LogP contribution < -0.4 is 4.90 Å². The molecule has 4 nitrogen and oxygen atoms in total. The number of fused-ring (bicyclic) bond motifs is 1. The Labute approximate surface area is 189 Å². The second-order valence-electron chi connectivity index (χ2n) is 8.97. The third-order valence-corrected chi connectivity index (χ3v) is 6.98. The van der Waals surface area contributed by atoms with Crippen LogP contribution in [0, 0.1) is 5.82 Å². The quantitative estimate of drug-likeness (QED) is 0.629. The highest BCUT2D eigenvalue weighted by atomic mass is 19.1. The van der Waals surface area contributed by atoms with Gasteiger partial charge < -0.3 is 14.9 Å². The molecule has 166 valence electrons. The smallest absolute Gasteiger partial charge is 0.123 e. The fourth-order valence-electron chi connectivity index (χ4n) is 5.09. The highest BCUT2D eigenvalue weighted by Gasteiger charge is 2.30. The van der Waals surface area contributed by atoms with Crippen molar-refractivity contribution in [3.63, 3.8) is 0 Å². The molecule has 1 aromatic heterocycles. The van der Waals surface area contributed by atoms with Crippen molar-refractivity contribution in [3.8, 4) is 0 Å². The van der Waals surface area contributed by atoms with Crippen LogP contribution in [0.2, 0.25) is 0 Å². The zero-order valence-corrected chi connectivity index (χ0v) is 18.3. The second kappa shape index (κ2) is 9.39. The summed E-state index contributed by atoms with van der Waals surface area (Å²) in [6.45, 7) is 4.27. The van der Waals surface area contributed by atoms with Gasteiger partial charge in [0.05, 0.1) is 0 Å². The Morgan fingerprint density at radius 2 is 1.81 bits per heavy atom. The lowest BCUT2D eigenvalue weighted by Crippen LogP contribution is -2.45. The largest absolute Gasteiger partial charge is 0.384 e. The minimum absolute atomic E-state index is 0.170. The molecule has 2 aromatic carbocycles. The van der Waals surface area contributed by atoms with Gasteiger partial charge in [-0.25, -0.2) is 4.39 Å². The highest BCUT2D eigenvalue weighted by molar-refractivity contribution is 5.61. The fourth-order valence-corrected chi connectivity index (χ4v) is 5.09. The molecule has 2 aliphatic rings. The standard InChI is InChI=1S/C27H30FN3O/c28-24-7-3-20(4-8-24)9-14-30-15-11-25(12-16-30)31-17-10-21-5-6-22(18-26(21)31)27(32)23-2-1-13-29-19-23/h1-8,13,18-19,25,27,32H,9-12,14-17H2. The van der Waals surface area contributed by atoms with Crippen LogP contribution in [0.1, 0.15) is 41.2 Å². The van der Waals surface area contributed by atoms with E-state index in [1.165, 1.54) is 16.8 Å². The van der Waals surface area contributed by atoms with Crippen molar-refractivity contribution in [1.82, 2.24) is 9.88 Å². The molecule has 1 fully saturated rings. The molecule has 3 aromatic rings. The van der Waals surface area contributed by atoms with E-state index in [1.54, 1.807) is 24.5 Å². The van der Waals surface area contributed by atoms with Gasteiger partial charge in [0.25, 0.3) is 0 Å². The molecule has 0 aliphatic carbocycles. The number of halogens is 1. The van der Waals surface area contributed by atoms with Crippen LogP contribution in [0.25, 0.3) is 0 Å². The van der Waals surface area contributed by atoms with Crippen molar-refractivity contribution < 1.29 is 9.50 Å². The molecule has 0 amide bonds. The van der Waals surface area contributed by atoms with E-state index in [-0.39, 0.29) is 5.82 Å². The molecule has 0 bridgehead atoms. The molecule has 0 spiro atoms. The topological polar surface area (TPSA) is 39.6 Å².